The summed E-state index contributed by atoms with van der Waals surface area (Å²) in [5, 5.41) is 3.06. The van der Waals surface area contributed by atoms with E-state index in [1.807, 2.05) is 0 Å². The second kappa shape index (κ2) is 6.19. The summed E-state index contributed by atoms with van der Waals surface area (Å²) < 4.78 is 0. The smallest absolute Gasteiger partial charge is 0.0813 e. The van der Waals surface area contributed by atoms with Gasteiger partial charge >= 0.3 is 0 Å². The van der Waals surface area contributed by atoms with Gasteiger partial charge in [0.2, 0.25) is 0 Å². The fourth-order valence-corrected chi connectivity index (χ4v) is 3.67. The molecule has 0 unspecified atom stereocenters. The van der Waals surface area contributed by atoms with Crippen molar-refractivity contribution in [2.75, 3.05) is 0 Å². The van der Waals surface area contributed by atoms with E-state index in [-0.39, 0.29) is 0 Å². The first-order chi connectivity index (χ1) is 8.70. The van der Waals surface area contributed by atoms with E-state index < -0.39 is 0 Å². The number of hydrogen-bond acceptors (Lipinski definition) is 0. The van der Waals surface area contributed by atoms with Gasteiger partial charge in [0.1, 0.15) is 9.52 Å². The molecule has 18 heavy (non-hydrogen) atoms. The van der Waals surface area contributed by atoms with Crippen LogP contribution in [0.25, 0.3) is 0 Å². The zero-order chi connectivity index (χ0) is 13.0. The molecular weight excluding hydrogens is 232 g/mol. The van der Waals surface area contributed by atoms with Crippen molar-refractivity contribution in [3.63, 3.8) is 0 Å². The van der Waals surface area contributed by atoms with Crippen molar-refractivity contribution in [2.24, 2.45) is 0 Å². The van der Waals surface area contributed by atoms with Crippen LogP contribution in [0.2, 0.25) is 0 Å². The molecule has 0 atom stereocenters. The standard InChI is InChI=1S/C17H22Si/c1-4-7-14-8-6-11-17(14)18-16-10-5-9-15(12-16)13(2)3/h5,8-13H,4,6-7H2,1-3H3. The average molecular weight is 254 g/mol. The fraction of sp³-hybridized carbons (Fsp3) is 0.412. The molecule has 0 N–H and O–H groups in total. The zero-order valence-electron chi connectivity index (χ0n) is 11.7. The van der Waals surface area contributed by atoms with Crippen LogP contribution < -0.4 is 5.19 Å². The van der Waals surface area contributed by atoms with Crippen molar-refractivity contribution >= 4 is 14.7 Å². The third-order valence-electron chi connectivity index (χ3n) is 3.38. The van der Waals surface area contributed by atoms with Crippen LogP contribution in [0.5, 0.6) is 0 Å². The molecule has 0 bridgehead atoms. The number of rotatable bonds is 5. The molecule has 0 aromatic heterocycles. The molecule has 2 radical (unpaired) electrons. The van der Waals surface area contributed by atoms with Gasteiger partial charge in [-0.05, 0) is 24.3 Å². The third-order valence-corrected chi connectivity index (χ3v) is 4.78. The van der Waals surface area contributed by atoms with E-state index in [0.29, 0.717) is 5.92 Å². The monoisotopic (exact) mass is 254 g/mol. The maximum atomic E-state index is 2.41. The van der Waals surface area contributed by atoms with Gasteiger partial charge in [-0.2, -0.15) is 0 Å². The van der Waals surface area contributed by atoms with E-state index in [2.05, 4.69) is 57.2 Å². The van der Waals surface area contributed by atoms with Gasteiger partial charge < -0.3 is 0 Å². The van der Waals surface area contributed by atoms with Crippen LogP contribution in [0.4, 0.5) is 0 Å². The van der Waals surface area contributed by atoms with Gasteiger partial charge in [0.05, 0.1) is 0 Å². The molecule has 1 aromatic rings. The molecule has 0 heterocycles. The first-order valence-corrected chi connectivity index (χ1v) is 7.97. The second-order valence-electron chi connectivity index (χ2n) is 5.24. The maximum absolute atomic E-state index is 2.41. The number of benzene rings is 1. The predicted octanol–water partition coefficient (Wildman–Crippen LogP) is 4.15. The van der Waals surface area contributed by atoms with Gasteiger partial charge in [0.15, 0.2) is 0 Å². The minimum atomic E-state index is 0.623. The van der Waals surface area contributed by atoms with E-state index in [4.69, 9.17) is 0 Å². The van der Waals surface area contributed by atoms with Crippen LogP contribution in [-0.4, -0.2) is 9.52 Å². The van der Waals surface area contributed by atoms with Crippen molar-refractivity contribution in [1.82, 2.24) is 0 Å². The molecule has 0 aliphatic heterocycles. The van der Waals surface area contributed by atoms with Gasteiger partial charge in [0.25, 0.3) is 0 Å². The lowest BCUT2D eigenvalue weighted by Gasteiger charge is -2.10. The topological polar surface area (TPSA) is 0 Å². The summed E-state index contributed by atoms with van der Waals surface area (Å²) in [5.41, 5.74) is 3.05. The van der Waals surface area contributed by atoms with Gasteiger partial charge in [-0.3, -0.25) is 0 Å². The molecule has 0 spiro atoms. The van der Waals surface area contributed by atoms with Crippen LogP contribution in [0.1, 0.15) is 51.5 Å². The van der Waals surface area contributed by atoms with Gasteiger partial charge in [-0.25, -0.2) is 0 Å². The Kier molecular flexibility index (Phi) is 4.59. The summed E-state index contributed by atoms with van der Waals surface area (Å²) >= 11 is 0. The fourth-order valence-electron chi connectivity index (χ4n) is 2.33. The molecular formula is C17H22Si. The van der Waals surface area contributed by atoms with Gasteiger partial charge in [0, 0.05) is 0 Å². The Morgan fingerprint density at radius 2 is 2.06 bits per heavy atom. The summed E-state index contributed by atoms with van der Waals surface area (Å²) in [6.45, 7) is 6.79. The summed E-state index contributed by atoms with van der Waals surface area (Å²) in [6, 6.07) is 9.10. The predicted molar refractivity (Wildman–Crippen MR) is 81.6 cm³/mol. The highest BCUT2D eigenvalue weighted by atomic mass is 28.2. The van der Waals surface area contributed by atoms with E-state index in [1.165, 1.54) is 23.6 Å². The highest BCUT2D eigenvalue weighted by Gasteiger charge is 2.11. The van der Waals surface area contributed by atoms with Crippen molar-refractivity contribution in [3.05, 3.63) is 52.8 Å². The summed E-state index contributed by atoms with van der Waals surface area (Å²) in [6.07, 6.45) is 8.44. The van der Waals surface area contributed by atoms with Crippen LogP contribution in [-0.2, 0) is 0 Å². The van der Waals surface area contributed by atoms with Crippen molar-refractivity contribution in [1.29, 1.82) is 0 Å². The molecule has 2 rings (SSSR count). The molecule has 0 saturated carbocycles. The minimum absolute atomic E-state index is 0.623. The molecule has 1 aliphatic rings. The van der Waals surface area contributed by atoms with Crippen LogP contribution in [0.15, 0.2) is 47.2 Å². The van der Waals surface area contributed by atoms with E-state index in [1.54, 1.807) is 10.8 Å². The second-order valence-corrected chi connectivity index (χ2v) is 6.60. The molecule has 0 saturated heterocycles. The molecule has 0 fully saturated rings. The van der Waals surface area contributed by atoms with Crippen molar-refractivity contribution in [3.8, 4) is 0 Å². The Bertz CT molecular complexity index is 466. The van der Waals surface area contributed by atoms with Gasteiger partial charge in [-0.1, -0.05) is 79.6 Å². The van der Waals surface area contributed by atoms with Crippen LogP contribution in [0, 0.1) is 0 Å². The Hall–Kier alpha value is -1.08. The molecule has 1 aliphatic carbocycles. The molecule has 94 valence electrons. The summed E-state index contributed by atoms with van der Waals surface area (Å²) in [7, 11) is 0.830. The largest absolute Gasteiger partial charge is 0.121 e. The first-order valence-electron chi connectivity index (χ1n) is 6.97. The Morgan fingerprint density at radius 3 is 2.78 bits per heavy atom. The summed E-state index contributed by atoms with van der Waals surface area (Å²) in [5.74, 6) is 0.623. The highest BCUT2D eigenvalue weighted by molar-refractivity contribution is 6.62. The molecule has 1 aromatic carbocycles. The molecule has 0 amide bonds. The average Bonchev–Trinajstić information content (AvgIpc) is 2.77. The lowest BCUT2D eigenvalue weighted by atomic mass is 10.0. The van der Waals surface area contributed by atoms with Crippen molar-refractivity contribution in [2.45, 2.75) is 46.0 Å². The van der Waals surface area contributed by atoms with E-state index >= 15 is 0 Å². The Morgan fingerprint density at radius 1 is 1.22 bits per heavy atom. The van der Waals surface area contributed by atoms with E-state index in [0.717, 1.165) is 15.9 Å². The maximum Gasteiger partial charge on any atom is 0.121 e. The number of hydrogen-bond donors (Lipinski definition) is 0. The number of allylic oxidation sites excluding steroid dienone is 4. The third kappa shape index (κ3) is 3.23. The van der Waals surface area contributed by atoms with E-state index in [9.17, 15) is 0 Å². The zero-order valence-corrected chi connectivity index (χ0v) is 12.7. The lowest BCUT2D eigenvalue weighted by molar-refractivity contribution is 0.868. The van der Waals surface area contributed by atoms with Crippen molar-refractivity contribution < 1.29 is 0 Å². The Labute approximate surface area is 114 Å². The minimum Gasteiger partial charge on any atom is -0.0813 e. The quantitative estimate of drug-likeness (QED) is 0.692. The lowest BCUT2D eigenvalue weighted by Crippen LogP contribution is -2.17. The van der Waals surface area contributed by atoms with Crippen LogP contribution in [0.3, 0.4) is 0 Å². The first kappa shape index (κ1) is 13.4. The Balaban J connectivity index is 2.10. The highest BCUT2D eigenvalue weighted by Crippen LogP contribution is 2.22. The summed E-state index contributed by atoms with van der Waals surface area (Å²) in [4.78, 5) is 0. The normalized spacial score (nSPS) is 14.9. The molecule has 0 nitrogen and oxygen atoms in total. The van der Waals surface area contributed by atoms with Gasteiger partial charge in [-0.15, -0.1) is 0 Å². The molecule has 1 heteroatoms. The SMILES string of the molecule is CCCC1=CCC=C1[Si]c1cccc(C(C)C)c1. The van der Waals surface area contributed by atoms with Crippen LogP contribution >= 0.6 is 0 Å².